The molecule has 0 heterocycles. The molecule has 0 saturated carbocycles. The van der Waals surface area contributed by atoms with Gasteiger partial charge in [0.2, 0.25) is 5.91 Å². The molecule has 0 radical (unpaired) electrons. The quantitative estimate of drug-likeness (QED) is 0.826. The Balaban J connectivity index is 2.31. The van der Waals surface area contributed by atoms with E-state index in [-0.39, 0.29) is 24.3 Å². The van der Waals surface area contributed by atoms with Crippen LogP contribution in [0.3, 0.4) is 0 Å². The summed E-state index contributed by atoms with van der Waals surface area (Å²) in [6.45, 7) is 1.93. The molecule has 4 heteroatoms. The molecule has 4 nitrogen and oxygen atoms in total. The second-order valence-corrected chi connectivity index (χ2v) is 5.72. The number of fused-ring (bicyclic) bond motifs is 1. The van der Waals surface area contributed by atoms with Crippen molar-refractivity contribution in [2.45, 2.75) is 25.7 Å². The number of rotatable bonds is 7. The summed E-state index contributed by atoms with van der Waals surface area (Å²) in [7, 11) is 1.65. The third-order valence-corrected chi connectivity index (χ3v) is 4.14. The van der Waals surface area contributed by atoms with Gasteiger partial charge >= 0.3 is 0 Å². The van der Waals surface area contributed by atoms with Crippen molar-refractivity contribution in [2.75, 3.05) is 13.7 Å². The number of hydrogen-bond donors (Lipinski definition) is 2. The third-order valence-electron chi connectivity index (χ3n) is 4.14. The number of amides is 1. The Bertz CT molecular complexity index is 654. The van der Waals surface area contributed by atoms with Crippen LogP contribution in [0.5, 0.6) is 5.75 Å². The first-order valence-corrected chi connectivity index (χ1v) is 7.53. The van der Waals surface area contributed by atoms with Crippen LogP contribution in [0.2, 0.25) is 0 Å². The first kappa shape index (κ1) is 16.3. The van der Waals surface area contributed by atoms with Crippen molar-refractivity contribution >= 4 is 16.7 Å². The van der Waals surface area contributed by atoms with Crippen molar-refractivity contribution in [2.24, 2.45) is 11.7 Å². The lowest BCUT2D eigenvalue weighted by atomic mass is 9.86. The van der Waals surface area contributed by atoms with Gasteiger partial charge in [0.15, 0.2) is 0 Å². The van der Waals surface area contributed by atoms with E-state index in [0.29, 0.717) is 12.8 Å². The van der Waals surface area contributed by atoms with Crippen LogP contribution in [0, 0.1) is 5.92 Å². The normalized spacial score (nSPS) is 13.8. The number of ether oxygens (including phenoxy) is 1. The fourth-order valence-corrected chi connectivity index (χ4v) is 2.74. The largest absolute Gasteiger partial charge is 0.497 e. The van der Waals surface area contributed by atoms with E-state index in [9.17, 15) is 9.90 Å². The van der Waals surface area contributed by atoms with Crippen molar-refractivity contribution in [1.82, 2.24) is 0 Å². The summed E-state index contributed by atoms with van der Waals surface area (Å²) in [6, 6.07) is 12.2. The zero-order chi connectivity index (χ0) is 16.1. The molecule has 0 saturated heterocycles. The molecule has 2 aromatic carbocycles. The first-order valence-electron chi connectivity index (χ1n) is 7.53. The zero-order valence-electron chi connectivity index (χ0n) is 13.1. The molecule has 2 unspecified atom stereocenters. The molecule has 0 bridgehead atoms. The van der Waals surface area contributed by atoms with E-state index in [1.165, 1.54) is 0 Å². The Morgan fingerprint density at radius 2 is 1.91 bits per heavy atom. The maximum Gasteiger partial charge on any atom is 0.220 e. The van der Waals surface area contributed by atoms with Gasteiger partial charge in [-0.2, -0.15) is 0 Å². The summed E-state index contributed by atoms with van der Waals surface area (Å²) < 4.78 is 5.23. The number of nitrogens with two attached hydrogens (primary N) is 1. The van der Waals surface area contributed by atoms with E-state index < -0.39 is 0 Å². The predicted molar refractivity (Wildman–Crippen MR) is 87.9 cm³/mol. The van der Waals surface area contributed by atoms with Crippen molar-refractivity contribution in [3.63, 3.8) is 0 Å². The highest BCUT2D eigenvalue weighted by molar-refractivity contribution is 5.84. The summed E-state index contributed by atoms with van der Waals surface area (Å²) in [5.41, 5.74) is 6.49. The minimum Gasteiger partial charge on any atom is -0.497 e. The number of carbonyl (C=O) groups excluding carboxylic acids is 1. The van der Waals surface area contributed by atoms with Crippen LogP contribution < -0.4 is 10.5 Å². The lowest BCUT2D eigenvalue weighted by Crippen LogP contribution is -2.22. The fourth-order valence-electron chi connectivity index (χ4n) is 2.74. The number of aliphatic hydroxyl groups excluding tert-OH is 1. The molecule has 0 spiro atoms. The van der Waals surface area contributed by atoms with Gasteiger partial charge in [-0.15, -0.1) is 0 Å². The highest BCUT2D eigenvalue weighted by Crippen LogP contribution is 2.30. The summed E-state index contributed by atoms with van der Waals surface area (Å²) >= 11 is 0. The van der Waals surface area contributed by atoms with Gasteiger partial charge in [0.1, 0.15) is 5.75 Å². The van der Waals surface area contributed by atoms with Crippen LogP contribution in [0.25, 0.3) is 10.8 Å². The number of benzene rings is 2. The molecule has 1 amide bonds. The third kappa shape index (κ3) is 3.77. The standard InChI is InChI=1S/C18H23NO3/c1-12(18(19)21)9-16(7-8-20)13-3-4-15-11-17(22-2)6-5-14(15)10-13/h3-6,10-12,16,20H,7-9H2,1-2H3,(H2,19,21). The first-order chi connectivity index (χ1) is 10.5. The molecule has 22 heavy (non-hydrogen) atoms. The summed E-state index contributed by atoms with van der Waals surface area (Å²) in [4.78, 5) is 11.3. The molecule has 0 aliphatic rings. The molecule has 0 aliphatic heterocycles. The number of aliphatic hydroxyl groups is 1. The van der Waals surface area contributed by atoms with Gasteiger partial charge in [-0.05, 0) is 47.2 Å². The van der Waals surface area contributed by atoms with Gasteiger partial charge in [0.05, 0.1) is 7.11 Å². The number of methoxy groups -OCH3 is 1. The van der Waals surface area contributed by atoms with Crippen LogP contribution in [0.1, 0.15) is 31.2 Å². The molecule has 0 aromatic heterocycles. The zero-order valence-corrected chi connectivity index (χ0v) is 13.1. The SMILES string of the molecule is COc1ccc2cc(C(CCO)CC(C)C(N)=O)ccc2c1. The van der Waals surface area contributed by atoms with Crippen LogP contribution in [0.4, 0.5) is 0 Å². The van der Waals surface area contributed by atoms with E-state index in [1.54, 1.807) is 7.11 Å². The van der Waals surface area contributed by atoms with Crippen LogP contribution in [0.15, 0.2) is 36.4 Å². The summed E-state index contributed by atoms with van der Waals surface area (Å²) in [5.74, 6) is 0.449. The number of primary amides is 1. The van der Waals surface area contributed by atoms with E-state index >= 15 is 0 Å². The van der Waals surface area contributed by atoms with Gasteiger partial charge < -0.3 is 15.6 Å². The minimum atomic E-state index is -0.298. The second kappa shape index (κ2) is 7.27. The molecule has 118 valence electrons. The predicted octanol–water partition coefficient (Wildman–Crippen LogP) is 2.83. The van der Waals surface area contributed by atoms with Gasteiger partial charge in [-0.1, -0.05) is 31.2 Å². The van der Waals surface area contributed by atoms with Gasteiger partial charge in [-0.25, -0.2) is 0 Å². The number of carbonyl (C=O) groups is 1. The molecular weight excluding hydrogens is 278 g/mol. The Labute approximate surface area is 130 Å². The molecule has 0 fully saturated rings. The molecule has 0 aliphatic carbocycles. The topological polar surface area (TPSA) is 72.6 Å². The lowest BCUT2D eigenvalue weighted by molar-refractivity contribution is -0.121. The van der Waals surface area contributed by atoms with Gasteiger partial charge in [0.25, 0.3) is 0 Å². The van der Waals surface area contributed by atoms with E-state index in [4.69, 9.17) is 10.5 Å². The highest BCUT2D eigenvalue weighted by Gasteiger charge is 2.18. The molecule has 2 rings (SSSR count). The molecule has 2 aromatic rings. The van der Waals surface area contributed by atoms with E-state index in [1.807, 2.05) is 31.2 Å². The number of hydrogen-bond acceptors (Lipinski definition) is 3. The van der Waals surface area contributed by atoms with Crippen LogP contribution >= 0.6 is 0 Å². The average molecular weight is 301 g/mol. The lowest BCUT2D eigenvalue weighted by Gasteiger charge is -2.19. The Kier molecular flexibility index (Phi) is 5.39. The van der Waals surface area contributed by atoms with Gasteiger partial charge in [0, 0.05) is 12.5 Å². The Hall–Kier alpha value is -2.07. The van der Waals surface area contributed by atoms with Crippen molar-refractivity contribution in [3.05, 3.63) is 42.0 Å². The summed E-state index contributed by atoms with van der Waals surface area (Å²) in [5, 5.41) is 11.5. The molecular formula is C18H23NO3. The van der Waals surface area contributed by atoms with Crippen molar-refractivity contribution in [1.29, 1.82) is 0 Å². The Morgan fingerprint density at radius 1 is 1.23 bits per heavy atom. The fraction of sp³-hybridized carbons (Fsp3) is 0.389. The van der Waals surface area contributed by atoms with E-state index in [2.05, 4.69) is 12.1 Å². The van der Waals surface area contributed by atoms with Crippen LogP contribution in [-0.2, 0) is 4.79 Å². The molecule has 2 atom stereocenters. The monoisotopic (exact) mass is 301 g/mol. The average Bonchev–Trinajstić information content (AvgIpc) is 2.53. The van der Waals surface area contributed by atoms with Gasteiger partial charge in [-0.3, -0.25) is 4.79 Å². The van der Waals surface area contributed by atoms with E-state index in [0.717, 1.165) is 22.1 Å². The summed E-state index contributed by atoms with van der Waals surface area (Å²) in [6.07, 6.45) is 1.27. The van der Waals surface area contributed by atoms with Crippen molar-refractivity contribution in [3.8, 4) is 5.75 Å². The van der Waals surface area contributed by atoms with Crippen LogP contribution in [-0.4, -0.2) is 24.7 Å². The molecule has 3 N–H and O–H groups in total. The smallest absolute Gasteiger partial charge is 0.220 e. The Morgan fingerprint density at radius 3 is 2.55 bits per heavy atom. The highest BCUT2D eigenvalue weighted by atomic mass is 16.5. The maximum absolute atomic E-state index is 11.3. The minimum absolute atomic E-state index is 0.0940. The second-order valence-electron chi connectivity index (χ2n) is 5.72. The maximum atomic E-state index is 11.3. The van der Waals surface area contributed by atoms with Crippen molar-refractivity contribution < 1.29 is 14.6 Å².